The molecule has 0 aromatic heterocycles. The largest absolute Gasteiger partial charge is 1.00 e. The van der Waals surface area contributed by atoms with Crippen LogP contribution < -0.4 is 45.3 Å². The summed E-state index contributed by atoms with van der Waals surface area (Å²) < 4.78 is 11.2. The van der Waals surface area contributed by atoms with Gasteiger partial charge in [0.25, 0.3) is 5.91 Å². The van der Waals surface area contributed by atoms with Gasteiger partial charge in [0.05, 0.1) is 34.9 Å². The molecule has 5 N–H and O–H groups in total. The van der Waals surface area contributed by atoms with E-state index in [-0.39, 0.29) is 45.2 Å². The molecule has 2 aromatic rings. The fourth-order valence-corrected chi connectivity index (χ4v) is 4.54. The minimum atomic E-state index is -2.61. The second-order valence-electron chi connectivity index (χ2n) is 8.90. The maximum Gasteiger partial charge on any atom is 1.00 e. The molecule has 0 unspecified atom stereocenters. The molecule has 0 spiro atoms. The third-order valence-electron chi connectivity index (χ3n) is 6.06. The minimum absolute atomic E-state index is 0. The molecule has 0 saturated carbocycles. The van der Waals surface area contributed by atoms with E-state index in [0.29, 0.717) is 10.6 Å². The Bertz CT molecular complexity index is 1210. The monoisotopic (exact) mass is 626 g/mol. The number of aliphatic hydroxyl groups excluding tert-OH is 3. The molecule has 0 bridgehead atoms. The maximum atomic E-state index is 12.4. The van der Waals surface area contributed by atoms with Crippen molar-refractivity contribution in [3.63, 3.8) is 0 Å². The van der Waals surface area contributed by atoms with E-state index in [1.165, 1.54) is 36.4 Å². The summed E-state index contributed by atoms with van der Waals surface area (Å²) >= 11 is 18.0. The summed E-state index contributed by atoms with van der Waals surface area (Å²) in [6.07, 6.45) is -7.68. The summed E-state index contributed by atoms with van der Waals surface area (Å²) in [5.41, 5.74) is 0.527. The van der Waals surface area contributed by atoms with Crippen LogP contribution in [0.1, 0.15) is 29.3 Å². The van der Waals surface area contributed by atoms with Crippen LogP contribution in [0.5, 0.6) is 0 Å². The molecule has 3 rings (SSSR count). The molecule has 0 radical (unpaired) electrons. The molecule has 0 aliphatic carbocycles. The first-order chi connectivity index (χ1) is 18.3. The zero-order chi connectivity index (χ0) is 28.9. The van der Waals surface area contributed by atoms with Crippen molar-refractivity contribution in [1.82, 2.24) is 10.6 Å². The van der Waals surface area contributed by atoms with Gasteiger partial charge in [-0.2, -0.15) is 0 Å². The molecule has 1 aliphatic rings. The number of carboxylic acids is 1. The van der Waals surface area contributed by atoms with Crippen molar-refractivity contribution in [3.05, 3.63) is 68.7 Å². The SMILES string of the molecule is CC(=O)N[C@H]1[C@H]([C@@H](O)[C@H](O)CNC(=O)c2ccc(Cl)cc2)O[C@@](OCc2cccc(Cl)c2Cl)(C(=O)[O-])C[C@@H]1O.[Na+]. The Balaban J connectivity index is 0.00000560. The van der Waals surface area contributed by atoms with E-state index < -0.39 is 73.6 Å². The number of hydrogen-bond acceptors (Lipinski definition) is 9. The number of aliphatic carboxylic acids is 1. The van der Waals surface area contributed by atoms with Gasteiger partial charge < -0.3 is 45.3 Å². The Morgan fingerprint density at radius 2 is 1.80 bits per heavy atom. The van der Waals surface area contributed by atoms with Crippen molar-refractivity contribution < 1.29 is 73.8 Å². The van der Waals surface area contributed by atoms with Gasteiger partial charge in [-0.1, -0.05) is 46.9 Å². The summed E-state index contributed by atoms with van der Waals surface area (Å²) in [5, 5.41) is 50.1. The Labute approximate surface area is 267 Å². The van der Waals surface area contributed by atoms with Crippen molar-refractivity contribution in [1.29, 1.82) is 0 Å². The number of halogens is 3. The van der Waals surface area contributed by atoms with Crippen LogP contribution in [0.2, 0.25) is 15.1 Å². The van der Waals surface area contributed by atoms with Crippen LogP contribution in [0.3, 0.4) is 0 Å². The smallest absolute Gasteiger partial charge is 0.544 e. The van der Waals surface area contributed by atoms with Gasteiger partial charge in [0.1, 0.15) is 18.2 Å². The zero-order valence-corrected chi connectivity index (χ0v) is 25.7. The van der Waals surface area contributed by atoms with E-state index >= 15 is 0 Å². The normalized spacial score (nSPS) is 23.8. The van der Waals surface area contributed by atoms with Gasteiger partial charge in [-0.05, 0) is 35.9 Å². The second-order valence-corrected chi connectivity index (χ2v) is 10.1. The summed E-state index contributed by atoms with van der Waals surface area (Å²) in [5.74, 6) is -5.72. The van der Waals surface area contributed by atoms with Crippen LogP contribution in [0.25, 0.3) is 0 Å². The van der Waals surface area contributed by atoms with Crippen molar-refractivity contribution >= 4 is 52.6 Å². The number of nitrogens with one attached hydrogen (secondary N) is 2. The van der Waals surface area contributed by atoms with Gasteiger partial charge in [-0.15, -0.1) is 0 Å². The van der Waals surface area contributed by atoms with Crippen molar-refractivity contribution in [2.45, 2.75) is 56.2 Å². The predicted octanol–water partition coefficient (Wildman–Crippen LogP) is -2.58. The van der Waals surface area contributed by atoms with Crippen molar-refractivity contribution in [3.8, 4) is 0 Å². The van der Waals surface area contributed by atoms with Gasteiger partial charge in [0, 0.05) is 30.5 Å². The standard InChI is InChI=1S/C25H27Cl3N2O9.Na/c1-12(31)30-20-17(32)9-25(24(36)37,38-11-14-3-2-4-16(27)19(14)28)39-22(20)21(34)18(33)10-29-23(35)13-5-7-15(26)8-6-13;/h2-8,17-18,20-22,32-34H,9-11H2,1H3,(H,29,35)(H,30,31)(H,36,37);/q;+1/p-1/t17-,18+,20+,21-,22+,25+;/m0./s1. The van der Waals surface area contributed by atoms with Crippen LogP contribution in [-0.4, -0.2) is 75.9 Å². The van der Waals surface area contributed by atoms with Crippen LogP contribution in [-0.2, 0) is 25.7 Å². The van der Waals surface area contributed by atoms with Gasteiger partial charge >= 0.3 is 29.6 Å². The molecular weight excluding hydrogens is 602 g/mol. The quantitative estimate of drug-likeness (QED) is 0.177. The van der Waals surface area contributed by atoms with E-state index in [1.807, 2.05) is 0 Å². The molecule has 1 heterocycles. The zero-order valence-electron chi connectivity index (χ0n) is 21.5. The van der Waals surface area contributed by atoms with Gasteiger partial charge in [0.15, 0.2) is 0 Å². The van der Waals surface area contributed by atoms with E-state index in [9.17, 15) is 34.8 Å². The van der Waals surface area contributed by atoms with E-state index in [2.05, 4.69) is 10.6 Å². The Morgan fingerprint density at radius 1 is 1.15 bits per heavy atom. The summed E-state index contributed by atoms with van der Waals surface area (Å²) in [6, 6.07) is 9.13. The molecule has 15 heteroatoms. The average molecular weight is 628 g/mol. The fourth-order valence-electron chi connectivity index (χ4n) is 4.04. The van der Waals surface area contributed by atoms with Gasteiger partial charge in [-0.3, -0.25) is 9.59 Å². The first kappa shape index (κ1) is 34.7. The Morgan fingerprint density at radius 3 is 2.40 bits per heavy atom. The molecule has 2 aromatic carbocycles. The number of hydrogen-bond donors (Lipinski definition) is 5. The Kier molecular flexibility index (Phi) is 13.1. The van der Waals surface area contributed by atoms with Crippen molar-refractivity contribution in [2.75, 3.05) is 6.54 Å². The average Bonchev–Trinajstić information content (AvgIpc) is 2.88. The fraction of sp³-hybridized carbons (Fsp3) is 0.400. The van der Waals surface area contributed by atoms with Crippen LogP contribution in [0, 0.1) is 0 Å². The maximum absolute atomic E-state index is 12.4. The van der Waals surface area contributed by atoms with E-state index in [0.717, 1.165) is 6.92 Å². The molecule has 212 valence electrons. The number of carbonyl (C=O) groups excluding carboxylic acids is 3. The number of amides is 2. The topological polar surface area (TPSA) is 177 Å². The number of carbonyl (C=O) groups is 3. The van der Waals surface area contributed by atoms with Crippen LogP contribution >= 0.6 is 34.8 Å². The first-order valence-corrected chi connectivity index (χ1v) is 12.8. The first-order valence-electron chi connectivity index (χ1n) is 11.7. The summed E-state index contributed by atoms with van der Waals surface area (Å²) in [7, 11) is 0. The van der Waals surface area contributed by atoms with Crippen LogP contribution in [0.15, 0.2) is 42.5 Å². The summed E-state index contributed by atoms with van der Waals surface area (Å²) in [6.45, 7) is 0.202. The molecule has 40 heavy (non-hydrogen) atoms. The Hall–Kier alpha value is -1.48. The molecule has 1 saturated heterocycles. The van der Waals surface area contributed by atoms with E-state index in [1.54, 1.807) is 6.07 Å². The molecule has 1 fully saturated rings. The number of carboxylic acid groups (broad SMARTS) is 1. The number of benzene rings is 2. The predicted molar refractivity (Wildman–Crippen MR) is 138 cm³/mol. The molecule has 1 aliphatic heterocycles. The van der Waals surface area contributed by atoms with Gasteiger partial charge in [0.2, 0.25) is 11.7 Å². The van der Waals surface area contributed by atoms with E-state index in [4.69, 9.17) is 44.3 Å². The molecule has 6 atom stereocenters. The minimum Gasteiger partial charge on any atom is -0.544 e. The third-order valence-corrected chi connectivity index (χ3v) is 7.17. The molecular formula is C25H26Cl3N2NaO9. The second kappa shape index (κ2) is 15.1. The van der Waals surface area contributed by atoms with Crippen molar-refractivity contribution in [2.24, 2.45) is 0 Å². The number of rotatable bonds is 10. The van der Waals surface area contributed by atoms with Gasteiger partial charge in [-0.25, -0.2) is 0 Å². The summed E-state index contributed by atoms with van der Waals surface area (Å²) in [4.78, 5) is 36.4. The molecule has 2 amide bonds. The number of ether oxygens (including phenoxy) is 2. The number of aliphatic hydroxyl groups is 3. The molecule has 11 nitrogen and oxygen atoms in total. The third kappa shape index (κ3) is 8.52. The van der Waals surface area contributed by atoms with Crippen LogP contribution in [0.4, 0.5) is 0 Å².